The zero-order valence-corrected chi connectivity index (χ0v) is 9.01. The fourth-order valence-electron chi connectivity index (χ4n) is 0.524. The highest BCUT2D eigenvalue weighted by Crippen LogP contribution is 2.44. The van der Waals surface area contributed by atoms with Gasteiger partial charge in [-0.2, -0.15) is 0 Å². The predicted molar refractivity (Wildman–Crippen MR) is 51.0 cm³/mol. The lowest BCUT2D eigenvalue weighted by molar-refractivity contribution is -0.141. The second kappa shape index (κ2) is 6.45. The standard InChI is InChI=1S/C6H13O5PS/c1-10-6(9)2-3-11-12(13,4-7)5-8/h7-8H,2-5H2,1H3. The van der Waals surface area contributed by atoms with Crippen molar-refractivity contribution in [1.29, 1.82) is 0 Å². The van der Waals surface area contributed by atoms with Gasteiger partial charge >= 0.3 is 5.97 Å². The number of rotatable bonds is 6. The Bertz CT molecular complexity index is 199. The molecule has 0 aliphatic carbocycles. The Morgan fingerprint density at radius 1 is 1.46 bits per heavy atom. The fourth-order valence-corrected chi connectivity index (χ4v) is 1.42. The van der Waals surface area contributed by atoms with Crippen LogP contribution in [0.15, 0.2) is 0 Å². The van der Waals surface area contributed by atoms with Gasteiger partial charge in [0.2, 0.25) is 0 Å². The molecule has 13 heavy (non-hydrogen) atoms. The van der Waals surface area contributed by atoms with E-state index >= 15 is 0 Å². The number of aliphatic hydroxyl groups is 2. The van der Waals surface area contributed by atoms with Crippen LogP contribution in [0.25, 0.3) is 0 Å². The Morgan fingerprint density at radius 2 is 2.00 bits per heavy atom. The minimum Gasteiger partial charge on any atom is -0.469 e. The predicted octanol–water partition coefficient (Wildman–Crippen LogP) is -0.140. The Labute approximate surface area is 81.7 Å². The Kier molecular flexibility index (Phi) is 6.45. The van der Waals surface area contributed by atoms with Crippen LogP contribution in [0.1, 0.15) is 6.42 Å². The van der Waals surface area contributed by atoms with Crippen LogP contribution in [-0.4, -0.2) is 42.6 Å². The third-order valence-corrected chi connectivity index (χ3v) is 3.82. The SMILES string of the molecule is COC(=O)CCOP(=S)(CO)CO. The maximum atomic E-state index is 10.6. The van der Waals surface area contributed by atoms with E-state index in [0.29, 0.717) is 0 Å². The quantitative estimate of drug-likeness (QED) is 0.487. The third-order valence-electron chi connectivity index (χ3n) is 1.29. The highest BCUT2D eigenvalue weighted by atomic mass is 32.4. The van der Waals surface area contributed by atoms with E-state index in [2.05, 4.69) is 4.74 Å². The Hall–Kier alpha value is -0.0000000000000000694. The van der Waals surface area contributed by atoms with Gasteiger partial charge in [0, 0.05) is 0 Å². The number of methoxy groups -OCH3 is 1. The van der Waals surface area contributed by atoms with Gasteiger partial charge in [0.25, 0.3) is 0 Å². The molecule has 0 aliphatic rings. The van der Waals surface area contributed by atoms with Crippen LogP contribution in [0.2, 0.25) is 0 Å². The lowest BCUT2D eigenvalue weighted by atomic mass is 10.5. The maximum absolute atomic E-state index is 10.6. The second-order valence-corrected chi connectivity index (χ2v) is 6.71. The van der Waals surface area contributed by atoms with E-state index in [1.807, 2.05) is 0 Å². The summed E-state index contributed by atoms with van der Waals surface area (Å²) >= 11 is 4.83. The van der Waals surface area contributed by atoms with Gasteiger partial charge in [0.05, 0.1) is 32.8 Å². The van der Waals surface area contributed by atoms with Crippen molar-refractivity contribution in [2.45, 2.75) is 6.42 Å². The molecule has 0 aliphatic heterocycles. The van der Waals surface area contributed by atoms with Gasteiger partial charge in [-0.25, -0.2) is 0 Å². The maximum Gasteiger partial charge on any atom is 0.307 e. The minimum atomic E-state index is -2.51. The number of carbonyl (C=O) groups is 1. The molecule has 78 valence electrons. The molecular weight excluding hydrogens is 215 g/mol. The van der Waals surface area contributed by atoms with E-state index in [4.69, 9.17) is 26.5 Å². The third kappa shape index (κ3) is 5.33. The molecular formula is C6H13O5PS. The molecule has 0 aromatic rings. The van der Waals surface area contributed by atoms with E-state index in [1.54, 1.807) is 0 Å². The monoisotopic (exact) mass is 228 g/mol. The summed E-state index contributed by atoms with van der Waals surface area (Å²) in [5, 5.41) is 17.5. The molecule has 2 N–H and O–H groups in total. The van der Waals surface area contributed by atoms with Crippen molar-refractivity contribution in [1.82, 2.24) is 0 Å². The van der Waals surface area contributed by atoms with Crippen molar-refractivity contribution in [3.63, 3.8) is 0 Å². The van der Waals surface area contributed by atoms with Crippen LogP contribution < -0.4 is 0 Å². The van der Waals surface area contributed by atoms with E-state index in [0.717, 1.165) is 0 Å². The van der Waals surface area contributed by atoms with E-state index < -0.39 is 12.2 Å². The molecule has 0 saturated heterocycles. The first kappa shape index (κ1) is 13.0. The average molecular weight is 228 g/mol. The first-order valence-corrected chi connectivity index (χ1v) is 6.68. The van der Waals surface area contributed by atoms with Gasteiger partial charge in [-0.05, 0) is 0 Å². The normalized spacial score (nSPS) is 11.3. The largest absolute Gasteiger partial charge is 0.469 e. The number of esters is 1. The van der Waals surface area contributed by atoms with Crippen LogP contribution in [0.4, 0.5) is 0 Å². The van der Waals surface area contributed by atoms with Crippen molar-refractivity contribution in [3.05, 3.63) is 0 Å². The first-order chi connectivity index (χ1) is 6.08. The average Bonchev–Trinajstić information content (AvgIpc) is 2.17. The number of aliphatic hydroxyl groups excluding tert-OH is 2. The van der Waals surface area contributed by atoms with Crippen LogP contribution in [0.5, 0.6) is 0 Å². The van der Waals surface area contributed by atoms with Crippen LogP contribution in [0, 0.1) is 0 Å². The van der Waals surface area contributed by atoms with Crippen molar-refractivity contribution in [2.75, 3.05) is 26.4 Å². The molecule has 0 bridgehead atoms. The van der Waals surface area contributed by atoms with Gasteiger partial charge in [0.15, 0.2) is 0 Å². The summed E-state index contributed by atoms with van der Waals surface area (Å²) in [4.78, 5) is 10.6. The summed E-state index contributed by atoms with van der Waals surface area (Å²) in [7, 11) is 1.27. The zero-order valence-electron chi connectivity index (χ0n) is 7.30. The number of hydrogen-bond acceptors (Lipinski definition) is 6. The van der Waals surface area contributed by atoms with Gasteiger partial charge in [0.1, 0.15) is 6.26 Å². The van der Waals surface area contributed by atoms with E-state index in [1.165, 1.54) is 7.11 Å². The molecule has 7 heteroatoms. The van der Waals surface area contributed by atoms with Crippen LogP contribution in [-0.2, 0) is 25.9 Å². The molecule has 0 heterocycles. The highest BCUT2D eigenvalue weighted by molar-refractivity contribution is 8.12. The van der Waals surface area contributed by atoms with Crippen molar-refractivity contribution < 1.29 is 24.3 Å². The van der Waals surface area contributed by atoms with Gasteiger partial charge in [-0.3, -0.25) is 4.79 Å². The molecule has 5 nitrogen and oxygen atoms in total. The first-order valence-electron chi connectivity index (χ1n) is 3.59. The van der Waals surface area contributed by atoms with E-state index in [-0.39, 0.29) is 25.7 Å². The van der Waals surface area contributed by atoms with Crippen molar-refractivity contribution >= 4 is 24.0 Å². The molecule has 0 aromatic heterocycles. The van der Waals surface area contributed by atoms with E-state index in [9.17, 15) is 4.79 Å². The van der Waals surface area contributed by atoms with Crippen molar-refractivity contribution in [2.24, 2.45) is 0 Å². The smallest absolute Gasteiger partial charge is 0.307 e. The lowest BCUT2D eigenvalue weighted by Gasteiger charge is -2.16. The molecule has 0 fully saturated rings. The second-order valence-electron chi connectivity index (χ2n) is 2.26. The zero-order chi connectivity index (χ0) is 10.3. The van der Waals surface area contributed by atoms with Crippen LogP contribution >= 0.6 is 6.26 Å². The molecule has 0 amide bonds. The summed E-state index contributed by atoms with van der Waals surface area (Å²) in [6, 6.07) is 0. The summed E-state index contributed by atoms with van der Waals surface area (Å²) in [5.74, 6) is -0.405. The highest BCUT2D eigenvalue weighted by Gasteiger charge is 2.15. The summed E-state index contributed by atoms with van der Waals surface area (Å²) in [6.07, 6.45) is -3.16. The molecule has 0 radical (unpaired) electrons. The number of hydrogen-bond donors (Lipinski definition) is 2. The van der Waals surface area contributed by atoms with Crippen LogP contribution in [0.3, 0.4) is 0 Å². The number of carbonyl (C=O) groups excluding carboxylic acids is 1. The minimum absolute atomic E-state index is 0.0745. The lowest BCUT2D eigenvalue weighted by Crippen LogP contribution is -2.07. The molecule has 0 spiro atoms. The molecule has 0 unspecified atom stereocenters. The Balaban J connectivity index is 3.74. The Morgan fingerprint density at radius 3 is 2.38 bits per heavy atom. The topological polar surface area (TPSA) is 76.0 Å². The molecule has 0 atom stereocenters. The summed E-state index contributed by atoms with van der Waals surface area (Å²) in [6.45, 7) is 0.0745. The van der Waals surface area contributed by atoms with Crippen molar-refractivity contribution in [3.8, 4) is 0 Å². The van der Waals surface area contributed by atoms with Gasteiger partial charge < -0.3 is 19.5 Å². The fraction of sp³-hybridized carbons (Fsp3) is 0.833. The number of ether oxygens (including phenoxy) is 1. The van der Waals surface area contributed by atoms with Gasteiger partial charge in [-0.1, -0.05) is 11.8 Å². The molecule has 0 rings (SSSR count). The molecule has 0 aromatic carbocycles. The molecule has 0 saturated carbocycles. The van der Waals surface area contributed by atoms with Gasteiger partial charge in [-0.15, -0.1) is 0 Å². The summed E-state index contributed by atoms with van der Waals surface area (Å²) in [5.41, 5.74) is 0. The summed E-state index contributed by atoms with van der Waals surface area (Å²) < 4.78 is 9.39.